The number of rotatable bonds is 3. The zero-order chi connectivity index (χ0) is 16.4. The van der Waals surface area contributed by atoms with Gasteiger partial charge in [0, 0.05) is 32.7 Å². The van der Waals surface area contributed by atoms with E-state index in [0.717, 1.165) is 4.57 Å². The van der Waals surface area contributed by atoms with Crippen LogP contribution < -0.4 is 11.2 Å². The molecule has 2 N–H and O–H groups in total. The first kappa shape index (κ1) is 19.2. The molecule has 4 atom stereocenters. The van der Waals surface area contributed by atoms with Gasteiger partial charge in [0.15, 0.2) is 12.4 Å². The van der Waals surface area contributed by atoms with E-state index >= 15 is 0 Å². The first-order valence-corrected chi connectivity index (χ1v) is 7.32. The molecular formula is C16H16FN3O3Y-2. The molecule has 1 aliphatic heterocycles. The fourth-order valence-corrected chi connectivity index (χ4v) is 2.48. The number of halogens is 1. The third-order valence-corrected chi connectivity index (χ3v) is 3.70. The van der Waals surface area contributed by atoms with E-state index in [1.807, 2.05) is 0 Å². The summed E-state index contributed by atoms with van der Waals surface area (Å²) in [6, 6.07) is 12.7. The largest absolute Gasteiger partial charge is 0.410 e. The smallest absolute Gasteiger partial charge is 0.324 e. The second-order valence-electron chi connectivity index (χ2n) is 5.23. The molecule has 1 fully saturated rings. The minimum atomic E-state index is -1.68. The van der Waals surface area contributed by atoms with E-state index in [0.29, 0.717) is 12.1 Å². The first-order valence-electron chi connectivity index (χ1n) is 7.32. The van der Waals surface area contributed by atoms with Gasteiger partial charge in [-0.05, 0) is 11.9 Å². The van der Waals surface area contributed by atoms with Crippen LogP contribution in [0.4, 0.5) is 10.1 Å². The molecule has 24 heavy (non-hydrogen) atoms. The number of para-hydroxylation sites is 1. The van der Waals surface area contributed by atoms with Crippen LogP contribution >= 0.6 is 0 Å². The summed E-state index contributed by atoms with van der Waals surface area (Å²) in [6.45, 7) is 1.78. The Morgan fingerprint density at radius 2 is 2.25 bits per heavy atom. The minimum Gasteiger partial charge on any atom is -0.410 e. The Morgan fingerprint density at radius 3 is 2.83 bits per heavy atom. The maximum Gasteiger partial charge on any atom is 0.324 e. The van der Waals surface area contributed by atoms with E-state index < -0.39 is 30.3 Å². The zero-order valence-electron chi connectivity index (χ0n) is 13.0. The third kappa shape index (κ3) is 3.91. The fourth-order valence-electron chi connectivity index (χ4n) is 2.48. The molecule has 0 bridgehead atoms. The SMILES string of the molecule is CC[C@H]1O[C@@H](n2c[c-]c(=Nc3[c-]cccc3)[nH]c2=O)[C@@H](F)C1O.[Y]. The van der Waals surface area contributed by atoms with Crippen LogP contribution in [-0.4, -0.2) is 33.0 Å². The normalized spacial score (nSPS) is 27.0. The van der Waals surface area contributed by atoms with Crippen molar-refractivity contribution < 1.29 is 46.9 Å². The molecule has 125 valence electrons. The summed E-state index contributed by atoms with van der Waals surface area (Å²) >= 11 is 0. The second-order valence-corrected chi connectivity index (χ2v) is 5.23. The topological polar surface area (TPSA) is 79.6 Å². The van der Waals surface area contributed by atoms with Crippen LogP contribution in [0.3, 0.4) is 0 Å². The Hall–Kier alpha value is -1.15. The van der Waals surface area contributed by atoms with Crippen LogP contribution in [0.2, 0.25) is 0 Å². The number of aromatic nitrogens is 2. The number of benzene rings is 1. The number of alkyl halides is 1. The molecule has 3 rings (SSSR count). The third-order valence-electron chi connectivity index (χ3n) is 3.70. The summed E-state index contributed by atoms with van der Waals surface area (Å²) < 4.78 is 20.6. The van der Waals surface area contributed by atoms with Crippen molar-refractivity contribution in [2.45, 2.75) is 38.0 Å². The van der Waals surface area contributed by atoms with Crippen molar-refractivity contribution in [2.24, 2.45) is 4.99 Å². The monoisotopic (exact) mass is 406 g/mol. The number of nitrogens with zero attached hydrogens (tertiary/aromatic N) is 2. The van der Waals surface area contributed by atoms with Crippen molar-refractivity contribution in [3.8, 4) is 0 Å². The van der Waals surface area contributed by atoms with Crippen LogP contribution in [-0.2, 0) is 37.4 Å². The Bertz CT molecular complexity index is 793. The molecule has 6 nitrogen and oxygen atoms in total. The van der Waals surface area contributed by atoms with Crippen LogP contribution in [0.25, 0.3) is 0 Å². The molecule has 0 saturated carbocycles. The van der Waals surface area contributed by atoms with Gasteiger partial charge < -0.3 is 25.5 Å². The van der Waals surface area contributed by atoms with Gasteiger partial charge in [0.1, 0.15) is 6.10 Å². The molecule has 1 aliphatic rings. The number of aromatic amines is 1. The van der Waals surface area contributed by atoms with Crippen LogP contribution in [0, 0.1) is 12.1 Å². The summed E-state index contributed by atoms with van der Waals surface area (Å²) in [5.41, 5.74) is 0.156. The predicted molar refractivity (Wildman–Crippen MR) is 79.5 cm³/mol. The average molecular weight is 406 g/mol. The Balaban J connectivity index is 0.00000208. The van der Waals surface area contributed by atoms with Gasteiger partial charge >= 0.3 is 5.69 Å². The molecule has 1 saturated heterocycles. The van der Waals surface area contributed by atoms with Gasteiger partial charge in [-0.15, -0.1) is 6.07 Å². The Morgan fingerprint density at radius 1 is 1.46 bits per heavy atom. The first-order chi connectivity index (χ1) is 11.1. The maximum absolute atomic E-state index is 14.1. The average Bonchev–Trinajstić information content (AvgIpc) is 2.84. The minimum absolute atomic E-state index is 0. The summed E-state index contributed by atoms with van der Waals surface area (Å²) in [5.74, 6) is 0. The van der Waals surface area contributed by atoms with Crippen molar-refractivity contribution in [2.75, 3.05) is 0 Å². The van der Waals surface area contributed by atoms with E-state index in [1.165, 1.54) is 6.20 Å². The fraction of sp³-hybridized carbons (Fsp3) is 0.375. The van der Waals surface area contributed by atoms with E-state index in [9.17, 15) is 14.3 Å². The number of ether oxygens (including phenoxy) is 1. The van der Waals surface area contributed by atoms with Crippen LogP contribution in [0.15, 0.2) is 40.2 Å². The second kappa shape index (κ2) is 8.29. The van der Waals surface area contributed by atoms with E-state index in [4.69, 9.17) is 4.74 Å². The summed E-state index contributed by atoms with van der Waals surface area (Å²) in [7, 11) is 0. The molecule has 2 heterocycles. The van der Waals surface area contributed by atoms with Crippen LogP contribution in [0.5, 0.6) is 0 Å². The molecule has 8 heteroatoms. The predicted octanol–water partition coefficient (Wildman–Crippen LogP) is 1.01. The molecule has 1 aromatic heterocycles. The zero-order valence-corrected chi connectivity index (χ0v) is 15.9. The Kier molecular flexibility index (Phi) is 6.63. The van der Waals surface area contributed by atoms with Gasteiger partial charge in [-0.1, -0.05) is 12.6 Å². The molecular weight excluding hydrogens is 390 g/mol. The summed E-state index contributed by atoms with van der Waals surface area (Å²) in [5, 5.41) is 9.77. The summed E-state index contributed by atoms with van der Waals surface area (Å²) in [4.78, 5) is 18.8. The van der Waals surface area contributed by atoms with Crippen molar-refractivity contribution in [3.63, 3.8) is 0 Å². The molecule has 0 aliphatic carbocycles. The molecule has 1 radical (unpaired) electrons. The van der Waals surface area contributed by atoms with Crippen molar-refractivity contribution >= 4 is 5.69 Å². The van der Waals surface area contributed by atoms with Crippen LogP contribution in [0.1, 0.15) is 19.6 Å². The van der Waals surface area contributed by atoms with Crippen molar-refractivity contribution in [3.05, 3.63) is 58.6 Å². The molecule has 1 aromatic carbocycles. The van der Waals surface area contributed by atoms with E-state index in [1.54, 1.807) is 31.2 Å². The standard InChI is InChI=1S/C16H16FN3O3.Y/c1-2-11-14(21)13(17)15(23-11)20-9-8-12(19-16(20)22)18-10-6-4-3-5-7-10;/h3-6,9,11,13-15,21H,2H2,1H3,(H,18,19,22);/q-2;/t11-,13+,14?,15-;/m1./s1. The number of aliphatic hydroxyl groups excluding tert-OH is 1. The molecule has 0 amide bonds. The van der Waals surface area contributed by atoms with Gasteiger partial charge in [0.2, 0.25) is 0 Å². The quantitative estimate of drug-likeness (QED) is 0.747. The number of aliphatic hydroxyl groups is 1. The van der Waals surface area contributed by atoms with Gasteiger partial charge in [-0.3, -0.25) is 4.99 Å². The van der Waals surface area contributed by atoms with Gasteiger partial charge in [0.05, 0.1) is 6.10 Å². The van der Waals surface area contributed by atoms with E-state index in [-0.39, 0.29) is 38.2 Å². The Labute approximate surface area is 163 Å². The number of hydrogen-bond donors (Lipinski definition) is 2. The van der Waals surface area contributed by atoms with Gasteiger partial charge in [0.25, 0.3) is 0 Å². The summed E-state index contributed by atoms with van der Waals surface area (Å²) in [6.07, 6.45) is -3.00. The van der Waals surface area contributed by atoms with E-state index in [2.05, 4.69) is 22.1 Å². The van der Waals surface area contributed by atoms with Gasteiger partial charge in [-0.2, -0.15) is 30.5 Å². The number of H-pyrrole nitrogens is 1. The maximum atomic E-state index is 14.1. The van der Waals surface area contributed by atoms with Gasteiger partial charge in [-0.25, -0.2) is 9.18 Å². The molecule has 2 aromatic rings. The number of nitrogens with one attached hydrogen (secondary N) is 1. The van der Waals surface area contributed by atoms with Crippen molar-refractivity contribution in [1.29, 1.82) is 0 Å². The molecule has 1 unspecified atom stereocenters. The number of hydrogen-bond acceptors (Lipinski definition) is 4. The van der Waals surface area contributed by atoms with Crippen molar-refractivity contribution in [1.82, 2.24) is 9.55 Å². The molecule has 0 spiro atoms.